The topological polar surface area (TPSA) is 133 Å². The fraction of sp³-hybridized carbons (Fsp3) is 0.600. The van der Waals surface area contributed by atoms with Crippen molar-refractivity contribution in [2.24, 2.45) is 11.7 Å². The van der Waals surface area contributed by atoms with Crippen molar-refractivity contribution in [3.63, 3.8) is 0 Å². The number of nitrogens with zero attached hydrogens (tertiary/aromatic N) is 1. The summed E-state index contributed by atoms with van der Waals surface area (Å²) in [6, 6.07) is -0.437. The molecule has 1 aliphatic rings. The molecule has 1 aromatic carbocycles. The summed E-state index contributed by atoms with van der Waals surface area (Å²) in [5.41, 5.74) is 3.31. The van der Waals surface area contributed by atoms with Crippen LogP contribution in [-0.2, 0) is 16.3 Å². The van der Waals surface area contributed by atoms with Crippen LogP contribution in [0.5, 0.6) is 5.75 Å². The highest BCUT2D eigenvalue weighted by molar-refractivity contribution is 7.91. The van der Waals surface area contributed by atoms with Crippen molar-refractivity contribution in [1.29, 1.82) is 0 Å². The second kappa shape index (κ2) is 9.52. The Morgan fingerprint density at radius 3 is 2.19 bits per heavy atom. The van der Waals surface area contributed by atoms with Gasteiger partial charge in [-0.25, -0.2) is 8.42 Å². The molecule has 1 aliphatic heterocycles. The van der Waals surface area contributed by atoms with Crippen molar-refractivity contribution in [1.82, 2.24) is 0 Å². The van der Waals surface area contributed by atoms with Crippen LogP contribution >= 0.6 is 12.4 Å². The molecule has 1 saturated heterocycles. The molecule has 1 heterocycles. The first-order valence-electron chi connectivity index (χ1n) is 8.33. The molecule has 0 amide bonds. The highest BCUT2D eigenvalue weighted by atomic mass is 35.5. The quantitative estimate of drug-likeness (QED) is 0.346. The molecule has 3 atom stereocenters. The Morgan fingerprint density at radius 2 is 1.72 bits per heavy atom. The van der Waals surface area contributed by atoms with Gasteiger partial charge in [-0.05, 0) is 24.1 Å². The first-order valence-corrected chi connectivity index (χ1v) is 10.2. The average molecular weight is 521 g/mol. The lowest BCUT2D eigenvalue weighted by molar-refractivity contribution is -0.390. The van der Waals surface area contributed by atoms with Crippen LogP contribution in [0.1, 0.15) is 5.56 Å². The van der Waals surface area contributed by atoms with Crippen LogP contribution < -0.4 is 10.5 Å². The van der Waals surface area contributed by atoms with E-state index in [-0.39, 0.29) is 12.4 Å². The Hall–Kier alpha value is -1.91. The molecule has 3 N–H and O–H groups in total. The maximum Gasteiger partial charge on any atom is 0.434 e. The summed E-state index contributed by atoms with van der Waals surface area (Å²) < 4.78 is 118. The number of hydrogen-bond donors (Lipinski definition) is 2. The first-order chi connectivity index (χ1) is 13.9. The maximum atomic E-state index is 14.2. The van der Waals surface area contributed by atoms with Gasteiger partial charge in [0.1, 0.15) is 0 Å². The van der Waals surface area contributed by atoms with Gasteiger partial charge >= 0.3 is 18.0 Å². The van der Waals surface area contributed by atoms with E-state index in [0.29, 0.717) is 12.1 Å². The number of aliphatic hydroxyl groups excluding tert-OH is 1. The van der Waals surface area contributed by atoms with Crippen molar-refractivity contribution in [3.05, 3.63) is 33.6 Å². The summed E-state index contributed by atoms with van der Waals surface area (Å²) in [5.74, 6) is -5.87. The number of nitrogens with two attached hydrogens (primary N) is 1. The minimum Gasteiger partial charge on any atom is -0.464 e. The molecule has 0 unspecified atom stereocenters. The fourth-order valence-corrected chi connectivity index (χ4v) is 5.06. The standard InChI is InChI=1S/C15H15F7N2O6S.ClH/c16-8-2-6(1-7-4-31(28,29)5-9(23)12(7)25)3-10(11(8)24(26)27)30-13(14(17,18)19)15(20,21)22;/h2-3,7,9,12-13,25H,1,4-5,23H2;1H/t7-,9+,12+;/m1./s1. The van der Waals surface area contributed by atoms with Crippen molar-refractivity contribution < 1.29 is 53.9 Å². The van der Waals surface area contributed by atoms with Gasteiger partial charge in [-0.1, -0.05) is 0 Å². The summed E-state index contributed by atoms with van der Waals surface area (Å²) in [4.78, 5) is 9.43. The monoisotopic (exact) mass is 520 g/mol. The van der Waals surface area contributed by atoms with Gasteiger partial charge in [0.2, 0.25) is 11.6 Å². The Labute approximate surface area is 182 Å². The van der Waals surface area contributed by atoms with E-state index in [2.05, 4.69) is 4.74 Å². The van der Waals surface area contributed by atoms with Gasteiger partial charge in [0.15, 0.2) is 9.84 Å². The molecule has 0 saturated carbocycles. The van der Waals surface area contributed by atoms with Gasteiger partial charge in [-0.3, -0.25) is 10.1 Å². The number of sulfone groups is 1. The second-order valence-corrected chi connectivity index (χ2v) is 9.11. The van der Waals surface area contributed by atoms with Crippen molar-refractivity contribution in [3.8, 4) is 5.75 Å². The lowest BCUT2D eigenvalue weighted by atomic mass is 9.91. The van der Waals surface area contributed by atoms with E-state index in [0.717, 1.165) is 0 Å². The zero-order chi connectivity index (χ0) is 23.9. The molecule has 32 heavy (non-hydrogen) atoms. The molecule has 0 aromatic heterocycles. The third-order valence-electron chi connectivity index (χ3n) is 4.44. The number of nitro groups is 1. The molecule has 0 radical (unpaired) electrons. The number of nitro benzene ring substituents is 1. The maximum absolute atomic E-state index is 14.2. The van der Waals surface area contributed by atoms with Crippen LogP contribution in [0.25, 0.3) is 0 Å². The highest BCUT2D eigenvalue weighted by Crippen LogP contribution is 2.40. The van der Waals surface area contributed by atoms with Crippen LogP contribution in [0, 0.1) is 21.8 Å². The van der Waals surface area contributed by atoms with Crippen LogP contribution in [0.15, 0.2) is 12.1 Å². The van der Waals surface area contributed by atoms with E-state index < -0.39 is 92.0 Å². The van der Waals surface area contributed by atoms with Crippen molar-refractivity contribution in [2.45, 2.75) is 37.0 Å². The van der Waals surface area contributed by atoms with Gasteiger partial charge in [0.25, 0.3) is 6.10 Å². The van der Waals surface area contributed by atoms with E-state index in [4.69, 9.17) is 5.73 Å². The van der Waals surface area contributed by atoms with E-state index in [1.54, 1.807) is 0 Å². The van der Waals surface area contributed by atoms with Gasteiger partial charge in [-0.15, -0.1) is 12.4 Å². The van der Waals surface area contributed by atoms with E-state index in [9.17, 15) is 54.4 Å². The van der Waals surface area contributed by atoms with Crippen LogP contribution in [-0.4, -0.2) is 60.6 Å². The molecule has 184 valence electrons. The van der Waals surface area contributed by atoms with Gasteiger partial charge < -0.3 is 15.6 Å². The Balaban J connectivity index is 0.00000512. The fourth-order valence-electron chi connectivity index (χ4n) is 3.17. The largest absolute Gasteiger partial charge is 0.464 e. The van der Waals surface area contributed by atoms with E-state index >= 15 is 0 Å². The summed E-state index contributed by atoms with van der Waals surface area (Å²) in [7, 11) is -3.75. The number of rotatable bonds is 5. The molecular formula is C15H16ClF7N2O6S. The van der Waals surface area contributed by atoms with Crippen molar-refractivity contribution >= 4 is 27.9 Å². The number of hydrogen-bond acceptors (Lipinski definition) is 7. The lowest BCUT2D eigenvalue weighted by Crippen LogP contribution is -2.52. The molecule has 1 aromatic rings. The van der Waals surface area contributed by atoms with Crippen molar-refractivity contribution in [2.75, 3.05) is 11.5 Å². The molecular weight excluding hydrogens is 505 g/mol. The zero-order valence-electron chi connectivity index (χ0n) is 15.6. The minimum absolute atomic E-state index is 0. The smallest absolute Gasteiger partial charge is 0.434 e. The van der Waals surface area contributed by atoms with Crippen LogP contribution in [0.4, 0.5) is 36.4 Å². The summed E-state index contributed by atoms with van der Waals surface area (Å²) >= 11 is 0. The summed E-state index contributed by atoms with van der Waals surface area (Å²) in [6.07, 6.45) is -18.5. The van der Waals surface area contributed by atoms with Crippen LogP contribution in [0.2, 0.25) is 0 Å². The molecule has 2 rings (SSSR count). The van der Waals surface area contributed by atoms with Gasteiger partial charge in [-0.2, -0.15) is 30.7 Å². The highest BCUT2D eigenvalue weighted by Gasteiger charge is 2.59. The van der Waals surface area contributed by atoms with Gasteiger partial charge in [0, 0.05) is 12.0 Å². The molecule has 0 spiro atoms. The first kappa shape index (κ1) is 28.1. The number of ether oxygens (including phenoxy) is 1. The SMILES string of the molecule is Cl.N[C@H]1CS(=O)(=O)C[C@@H](Cc2cc(F)c([N+](=O)[O-])c(OC(C(F)(F)F)C(F)(F)F)c2)[C@@H]1O. The number of halogens is 8. The van der Waals surface area contributed by atoms with E-state index in [1.165, 1.54) is 0 Å². The predicted octanol–water partition coefficient (Wildman–Crippen LogP) is 2.30. The molecule has 1 fully saturated rings. The normalized spacial score (nSPS) is 23.5. The predicted molar refractivity (Wildman–Crippen MR) is 96.7 cm³/mol. The van der Waals surface area contributed by atoms with E-state index in [1.807, 2.05) is 0 Å². The Bertz CT molecular complexity index is 943. The summed E-state index contributed by atoms with van der Waals surface area (Å²) in [5, 5.41) is 21.0. The second-order valence-electron chi connectivity index (χ2n) is 6.96. The summed E-state index contributed by atoms with van der Waals surface area (Å²) in [6.45, 7) is 0. The molecule has 0 aliphatic carbocycles. The molecule has 8 nitrogen and oxygen atoms in total. The third-order valence-corrected chi connectivity index (χ3v) is 6.27. The number of benzene rings is 1. The molecule has 0 bridgehead atoms. The third kappa shape index (κ3) is 6.55. The van der Waals surface area contributed by atoms with Gasteiger partial charge in [0.05, 0.1) is 22.5 Å². The number of aliphatic hydroxyl groups is 1. The average Bonchev–Trinajstić information content (AvgIpc) is 2.53. The minimum atomic E-state index is -6.03. The number of alkyl halides is 6. The lowest BCUT2D eigenvalue weighted by Gasteiger charge is -2.32. The Kier molecular flexibility index (Phi) is 8.37. The zero-order valence-corrected chi connectivity index (χ0v) is 17.2. The van der Waals surface area contributed by atoms with Crippen LogP contribution in [0.3, 0.4) is 0 Å². The Morgan fingerprint density at radius 1 is 1.19 bits per heavy atom. The molecule has 17 heteroatoms.